The Morgan fingerprint density at radius 1 is 1.55 bits per heavy atom. The number of rotatable bonds is 1. The minimum atomic E-state index is -4.15. The maximum Gasteiger partial charge on any atom is 0.312 e. The van der Waals surface area contributed by atoms with Gasteiger partial charge in [-0.2, -0.15) is 8.42 Å². The maximum absolute atomic E-state index is 10.3. The maximum atomic E-state index is 10.3. The molecule has 11 heavy (non-hydrogen) atoms. The van der Waals surface area contributed by atoms with Crippen LogP contribution in [0.2, 0.25) is 0 Å². The molecule has 0 aromatic heterocycles. The lowest BCUT2D eigenvalue weighted by Gasteiger charge is -2.07. The van der Waals surface area contributed by atoms with Crippen molar-refractivity contribution < 1.29 is 17.8 Å². The van der Waals surface area contributed by atoms with Crippen LogP contribution in [0.3, 0.4) is 0 Å². The zero-order valence-electron chi connectivity index (χ0n) is 5.22. The van der Waals surface area contributed by atoms with Crippen molar-refractivity contribution in [2.24, 2.45) is 0 Å². The summed E-state index contributed by atoms with van der Waals surface area (Å²) in [6.07, 6.45) is 3.77. The smallest absolute Gasteiger partial charge is 0.312 e. The largest absolute Gasteiger partial charge is 0.389 e. The van der Waals surface area contributed by atoms with E-state index >= 15 is 0 Å². The first-order valence-corrected chi connectivity index (χ1v) is 3.81. The molecule has 2 N–H and O–H groups in total. The Kier molecular flexibility index (Phi) is 3.37. The molecule has 0 saturated heterocycles. The van der Waals surface area contributed by atoms with Crippen molar-refractivity contribution in [3.05, 3.63) is 23.4 Å². The molecule has 0 amide bonds. The van der Waals surface area contributed by atoms with Crippen LogP contribution < -0.4 is 5.48 Å². The predicted octanol–water partition coefficient (Wildman–Crippen LogP) is 0.186. The van der Waals surface area contributed by atoms with Gasteiger partial charge in [-0.3, -0.25) is 4.55 Å². The normalized spacial score (nSPS) is 15.5. The highest BCUT2D eigenvalue weighted by Gasteiger charge is 2.13. The van der Waals surface area contributed by atoms with E-state index in [-0.39, 0.29) is 17.4 Å². The highest BCUT2D eigenvalue weighted by molar-refractivity contribution is 7.89. The van der Waals surface area contributed by atoms with Crippen LogP contribution in [-0.2, 0) is 15.0 Å². The van der Waals surface area contributed by atoms with Crippen molar-refractivity contribution in [1.29, 1.82) is 0 Å². The van der Waals surface area contributed by atoms with Gasteiger partial charge in [0.15, 0.2) is 5.03 Å². The van der Waals surface area contributed by atoms with E-state index in [9.17, 15) is 8.42 Å². The third-order valence-electron chi connectivity index (χ3n) is 0.832. The number of allylic oxidation sites excluding steroid dienone is 2. The molecule has 1 heterocycles. The number of halogens is 1. The zero-order valence-corrected chi connectivity index (χ0v) is 6.85. The molecule has 1 aliphatic rings. The van der Waals surface area contributed by atoms with Crippen LogP contribution in [0.25, 0.3) is 0 Å². The van der Waals surface area contributed by atoms with Crippen molar-refractivity contribution in [1.82, 2.24) is 5.48 Å². The summed E-state index contributed by atoms with van der Waals surface area (Å²) in [6, 6.07) is 0. The minimum absolute atomic E-state index is 0. The first-order valence-electron chi connectivity index (χ1n) is 2.37. The van der Waals surface area contributed by atoms with Crippen molar-refractivity contribution in [2.45, 2.75) is 0 Å². The number of nitrogens with one attached hydrogen (secondary N) is 1. The van der Waals surface area contributed by atoms with Crippen LogP contribution in [0.1, 0.15) is 0 Å². The summed E-state index contributed by atoms with van der Waals surface area (Å²) in [5, 5.41) is -0.366. The van der Waals surface area contributed by atoms with E-state index in [2.05, 4.69) is 4.84 Å². The average Bonchev–Trinajstić information content (AvgIpc) is 1.88. The first kappa shape index (κ1) is 10.3. The van der Waals surface area contributed by atoms with E-state index in [4.69, 9.17) is 4.55 Å². The van der Waals surface area contributed by atoms with Gasteiger partial charge in [0.2, 0.25) is 0 Å². The molecule has 0 aromatic rings. The van der Waals surface area contributed by atoms with Crippen molar-refractivity contribution in [3.8, 4) is 0 Å². The molecule has 0 bridgehead atoms. The minimum Gasteiger partial charge on any atom is -0.389 e. The lowest BCUT2D eigenvalue weighted by Crippen LogP contribution is -2.20. The van der Waals surface area contributed by atoms with E-state index in [1.54, 1.807) is 0 Å². The van der Waals surface area contributed by atoms with Crippen molar-refractivity contribution in [2.75, 3.05) is 0 Å². The highest BCUT2D eigenvalue weighted by Crippen LogP contribution is 2.03. The Morgan fingerprint density at radius 3 is 2.45 bits per heavy atom. The summed E-state index contributed by atoms with van der Waals surface area (Å²) in [6.45, 7) is 0. The van der Waals surface area contributed by atoms with Gasteiger partial charge in [0.25, 0.3) is 0 Å². The molecular weight excluding hydrogens is 194 g/mol. The Labute approximate surface area is 69.8 Å². The quantitative estimate of drug-likeness (QED) is 0.590. The molecular formula is C4H6ClNO4S. The van der Waals surface area contributed by atoms with E-state index in [1.165, 1.54) is 18.4 Å². The molecule has 0 saturated carbocycles. The Morgan fingerprint density at radius 2 is 2.18 bits per heavy atom. The fourth-order valence-electron chi connectivity index (χ4n) is 0.431. The molecule has 0 aromatic carbocycles. The second kappa shape index (κ2) is 3.61. The van der Waals surface area contributed by atoms with Gasteiger partial charge < -0.3 is 4.84 Å². The van der Waals surface area contributed by atoms with Crippen molar-refractivity contribution in [3.63, 3.8) is 0 Å². The summed E-state index contributed by atoms with van der Waals surface area (Å²) in [7, 11) is -4.15. The lowest BCUT2D eigenvalue weighted by molar-refractivity contribution is 0.165. The third kappa shape index (κ3) is 2.79. The molecule has 1 rings (SSSR count). The van der Waals surface area contributed by atoms with Gasteiger partial charge in [-0.15, -0.1) is 12.4 Å². The van der Waals surface area contributed by atoms with Crippen LogP contribution in [0.5, 0.6) is 0 Å². The number of hydrogen-bond acceptors (Lipinski definition) is 4. The van der Waals surface area contributed by atoms with Crippen LogP contribution in [0.15, 0.2) is 23.4 Å². The second-order valence-electron chi connectivity index (χ2n) is 1.55. The summed E-state index contributed by atoms with van der Waals surface area (Å²) in [5.41, 5.74) is 2.00. The molecule has 0 fully saturated rings. The van der Waals surface area contributed by atoms with E-state index in [0.717, 1.165) is 0 Å². The molecule has 5 nitrogen and oxygen atoms in total. The van der Waals surface area contributed by atoms with Crippen LogP contribution >= 0.6 is 12.4 Å². The number of hydrogen-bond donors (Lipinski definition) is 2. The monoisotopic (exact) mass is 199 g/mol. The standard InChI is InChI=1S/C4H5NO4S.ClH/c6-10(7,8)4-2-1-3-9-5-4;/h1-3,5H,(H,6,7,8);1H. The predicted molar refractivity (Wildman–Crippen MR) is 40.2 cm³/mol. The number of hydroxylamine groups is 1. The van der Waals surface area contributed by atoms with Crippen molar-refractivity contribution >= 4 is 22.5 Å². The first-order chi connectivity index (χ1) is 4.61. The molecule has 1 aliphatic heterocycles. The van der Waals surface area contributed by atoms with Crippen LogP contribution in [0.4, 0.5) is 0 Å². The fourth-order valence-corrected chi connectivity index (χ4v) is 0.835. The SMILES string of the molecule is Cl.O=S(=O)(O)C1=CC=CON1. The highest BCUT2D eigenvalue weighted by atomic mass is 35.5. The van der Waals surface area contributed by atoms with Gasteiger partial charge >= 0.3 is 10.1 Å². The van der Waals surface area contributed by atoms with Gasteiger partial charge in [-0.05, 0) is 12.2 Å². The summed E-state index contributed by atoms with van der Waals surface area (Å²) < 4.78 is 29.0. The summed E-state index contributed by atoms with van der Waals surface area (Å²) in [5.74, 6) is 0. The average molecular weight is 200 g/mol. The van der Waals surface area contributed by atoms with Gasteiger partial charge in [0.05, 0.1) is 0 Å². The molecule has 0 spiro atoms. The van der Waals surface area contributed by atoms with E-state index in [1.807, 2.05) is 5.48 Å². The molecule has 0 atom stereocenters. The van der Waals surface area contributed by atoms with Gasteiger partial charge in [-0.25, -0.2) is 5.48 Å². The molecule has 0 unspecified atom stereocenters. The van der Waals surface area contributed by atoms with E-state index in [0.29, 0.717) is 0 Å². The fraction of sp³-hybridized carbons (Fsp3) is 0. The van der Waals surface area contributed by atoms with Crippen LogP contribution in [0, 0.1) is 0 Å². The second-order valence-corrected chi connectivity index (χ2v) is 2.94. The molecule has 7 heteroatoms. The molecule has 0 aliphatic carbocycles. The van der Waals surface area contributed by atoms with E-state index < -0.39 is 10.1 Å². The zero-order chi connectivity index (χ0) is 7.61. The third-order valence-corrected chi connectivity index (χ3v) is 1.61. The van der Waals surface area contributed by atoms with Gasteiger partial charge in [-0.1, -0.05) is 0 Å². The summed E-state index contributed by atoms with van der Waals surface area (Å²) >= 11 is 0. The topological polar surface area (TPSA) is 75.6 Å². The van der Waals surface area contributed by atoms with Crippen LogP contribution in [-0.4, -0.2) is 13.0 Å². The summed E-state index contributed by atoms with van der Waals surface area (Å²) in [4.78, 5) is 4.37. The van der Waals surface area contributed by atoms with Gasteiger partial charge in [0.1, 0.15) is 6.26 Å². The molecule has 64 valence electrons. The Bertz CT molecular complexity index is 280. The Hall–Kier alpha value is -0.720. The molecule has 0 radical (unpaired) electrons. The lowest BCUT2D eigenvalue weighted by atomic mass is 10.6. The Balaban J connectivity index is 0.000001000. The van der Waals surface area contributed by atoms with Gasteiger partial charge in [0, 0.05) is 0 Å².